The van der Waals surface area contributed by atoms with E-state index < -0.39 is 16.1 Å². The number of anilines is 1. The van der Waals surface area contributed by atoms with Crippen LogP contribution in [0.3, 0.4) is 0 Å². The number of methoxy groups -OCH3 is 1. The second kappa shape index (κ2) is 9.26. The van der Waals surface area contributed by atoms with Crippen LogP contribution in [0.1, 0.15) is 13.3 Å². The van der Waals surface area contributed by atoms with Gasteiger partial charge in [-0.1, -0.05) is 11.6 Å². The number of halogens is 1. The SMILES string of the molecule is COc1ccc(Cl)cc1N([C@H](C)C(=O)NCCCN(C)C)S(C)(=O)=O. The minimum absolute atomic E-state index is 0.230. The summed E-state index contributed by atoms with van der Waals surface area (Å²) in [5.74, 6) is -0.0618. The molecule has 142 valence electrons. The maximum atomic E-state index is 12.4. The van der Waals surface area contributed by atoms with Crippen LogP contribution in [-0.4, -0.2) is 65.8 Å². The molecule has 7 nitrogen and oxygen atoms in total. The number of nitrogens with one attached hydrogen (secondary N) is 1. The lowest BCUT2D eigenvalue weighted by atomic mass is 10.2. The van der Waals surface area contributed by atoms with Gasteiger partial charge in [-0.25, -0.2) is 8.42 Å². The average molecular weight is 392 g/mol. The van der Waals surface area contributed by atoms with Crippen LogP contribution in [0.4, 0.5) is 5.69 Å². The van der Waals surface area contributed by atoms with Gasteiger partial charge in [0.05, 0.1) is 19.1 Å². The Bertz CT molecular complexity index is 695. The molecule has 0 aromatic heterocycles. The van der Waals surface area contributed by atoms with Crippen LogP contribution < -0.4 is 14.4 Å². The van der Waals surface area contributed by atoms with Crippen molar-refractivity contribution in [2.45, 2.75) is 19.4 Å². The smallest absolute Gasteiger partial charge is 0.243 e. The molecule has 1 aromatic rings. The van der Waals surface area contributed by atoms with Crippen LogP contribution in [-0.2, 0) is 14.8 Å². The molecule has 1 N–H and O–H groups in total. The molecule has 25 heavy (non-hydrogen) atoms. The number of nitrogens with zero attached hydrogens (tertiary/aromatic N) is 2. The fourth-order valence-corrected chi connectivity index (χ4v) is 3.71. The molecule has 9 heteroatoms. The lowest BCUT2D eigenvalue weighted by Crippen LogP contribution is -2.48. The van der Waals surface area contributed by atoms with Crippen LogP contribution >= 0.6 is 11.6 Å². The molecule has 1 aromatic carbocycles. The Hall–Kier alpha value is -1.51. The van der Waals surface area contributed by atoms with Crippen molar-refractivity contribution in [1.29, 1.82) is 0 Å². The van der Waals surface area contributed by atoms with E-state index in [1.165, 1.54) is 20.1 Å². The van der Waals surface area contributed by atoms with E-state index in [4.69, 9.17) is 16.3 Å². The third kappa shape index (κ3) is 6.37. The molecular weight excluding hydrogens is 366 g/mol. The lowest BCUT2D eigenvalue weighted by Gasteiger charge is -2.29. The number of hydrogen-bond donors (Lipinski definition) is 1. The van der Waals surface area contributed by atoms with E-state index in [1.807, 2.05) is 19.0 Å². The molecule has 0 aliphatic carbocycles. The maximum absolute atomic E-state index is 12.4. The Labute approximate surface area is 154 Å². The highest BCUT2D eigenvalue weighted by Gasteiger charge is 2.31. The molecule has 0 unspecified atom stereocenters. The van der Waals surface area contributed by atoms with Crippen molar-refractivity contribution in [2.75, 3.05) is 44.9 Å². The second-order valence-corrected chi connectivity index (χ2v) is 8.29. The number of amides is 1. The largest absolute Gasteiger partial charge is 0.495 e. The van der Waals surface area contributed by atoms with Gasteiger partial charge in [0.25, 0.3) is 0 Å². The first-order chi connectivity index (χ1) is 11.6. The Morgan fingerprint density at radius 1 is 1.36 bits per heavy atom. The Morgan fingerprint density at radius 3 is 2.52 bits per heavy atom. The minimum atomic E-state index is -3.73. The van der Waals surface area contributed by atoms with Gasteiger partial charge in [-0.15, -0.1) is 0 Å². The average Bonchev–Trinajstić information content (AvgIpc) is 2.50. The molecule has 0 saturated carbocycles. The summed E-state index contributed by atoms with van der Waals surface area (Å²) >= 11 is 6.00. The number of carbonyl (C=O) groups is 1. The topological polar surface area (TPSA) is 79.0 Å². The molecule has 1 amide bonds. The number of hydrogen-bond acceptors (Lipinski definition) is 5. The van der Waals surface area contributed by atoms with Crippen LogP contribution in [0.2, 0.25) is 5.02 Å². The standard InChI is InChI=1S/C16H26ClN3O4S/c1-12(16(21)18-9-6-10-19(2)3)20(25(5,22)23)14-11-13(17)7-8-15(14)24-4/h7-8,11-12H,6,9-10H2,1-5H3,(H,18,21)/t12-/m1/s1. The molecule has 0 bridgehead atoms. The van der Waals surface area contributed by atoms with Crippen LogP contribution in [0.5, 0.6) is 5.75 Å². The predicted octanol–water partition coefficient (Wildman–Crippen LogP) is 1.57. The van der Waals surface area contributed by atoms with E-state index in [1.54, 1.807) is 12.1 Å². The zero-order valence-corrected chi connectivity index (χ0v) is 16.8. The molecule has 1 rings (SSSR count). The molecule has 0 fully saturated rings. The van der Waals surface area contributed by atoms with Crippen molar-refractivity contribution < 1.29 is 17.9 Å². The van der Waals surface area contributed by atoms with Gasteiger partial charge >= 0.3 is 0 Å². The van der Waals surface area contributed by atoms with Crippen molar-refractivity contribution in [1.82, 2.24) is 10.2 Å². The van der Waals surface area contributed by atoms with E-state index in [9.17, 15) is 13.2 Å². The Morgan fingerprint density at radius 2 is 2.00 bits per heavy atom. The van der Waals surface area contributed by atoms with Gasteiger partial charge in [-0.05, 0) is 52.2 Å². The fraction of sp³-hybridized carbons (Fsp3) is 0.562. The molecule has 0 spiro atoms. The number of rotatable bonds is 9. The molecular formula is C16H26ClN3O4S. The highest BCUT2D eigenvalue weighted by Crippen LogP contribution is 2.34. The van der Waals surface area contributed by atoms with E-state index >= 15 is 0 Å². The second-order valence-electron chi connectivity index (χ2n) is 6.00. The summed E-state index contributed by atoms with van der Waals surface area (Å²) in [6.07, 6.45) is 1.81. The third-order valence-electron chi connectivity index (χ3n) is 3.55. The molecule has 0 saturated heterocycles. The van der Waals surface area contributed by atoms with E-state index in [2.05, 4.69) is 5.32 Å². The summed E-state index contributed by atoms with van der Waals surface area (Å²) in [5.41, 5.74) is 0.230. The zero-order chi connectivity index (χ0) is 19.2. The van der Waals surface area contributed by atoms with E-state index in [0.29, 0.717) is 17.3 Å². The first-order valence-electron chi connectivity index (χ1n) is 7.83. The van der Waals surface area contributed by atoms with Gasteiger partial charge in [0, 0.05) is 11.6 Å². The molecule has 0 heterocycles. The van der Waals surface area contributed by atoms with E-state index in [-0.39, 0.29) is 11.6 Å². The quantitative estimate of drug-likeness (QED) is 0.646. The highest BCUT2D eigenvalue weighted by molar-refractivity contribution is 7.92. The Kier molecular flexibility index (Phi) is 7.98. The number of benzene rings is 1. The summed E-state index contributed by atoms with van der Waals surface area (Å²) in [6, 6.07) is 3.69. The zero-order valence-electron chi connectivity index (χ0n) is 15.2. The predicted molar refractivity (Wildman–Crippen MR) is 101 cm³/mol. The maximum Gasteiger partial charge on any atom is 0.243 e. The van der Waals surface area contributed by atoms with Crippen molar-refractivity contribution in [3.63, 3.8) is 0 Å². The fourth-order valence-electron chi connectivity index (χ4n) is 2.37. The molecule has 0 aliphatic rings. The first-order valence-corrected chi connectivity index (χ1v) is 10.1. The molecule has 0 radical (unpaired) electrons. The summed E-state index contributed by atoms with van der Waals surface area (Å²) in [7, 11) is 1.59. The summed E-state index contributed by atoms with van der Waals surface area (Å²) in [6.45, 7) is 2.82. The van der Waals surface area contributed by atoms with Crippen molar-refractivity contribution in [3.8, 4) is 5.75 Å². The highest BCUT2D eigenvalue weighted by atomic mass is 35.5. The van der Waals surface area contributed by atoms with Crippen LogP contribution in [0.25, 0.3) is 0 Å². The van der Waals surface area contributed by atoms with Gasteiger partial charge in [0.1, 0.15) is 11.8 Å². The summed E-state index contributed by atoms with van der Waals surface area (Å²) in [5, 5.41) is 3.12. The number of carbonyl (C=O) groups excluding carboxylic acids is 1. The van der Waals surface area contributed by atoms with Crippen molar-refractivity contribution in [3.05, 3.63) is 23.2 Å². The van der Waals surface area contributed by atoms with Crippen molar-refractivity contribution >= 4 is 33.2 Å². The van der Waals surface area contributed by atoms with Gasteiger partial charge in [0.15, 0.2) is 0 Å². The Balaban J connectivity index is 3.04. The number of ether oxygens (including phenoxy) is 1. The summed E-state index contributed by atoms with van der Waals surface area (Å²) in [4.78, 5) is 14.4. The minimum Gasteiger partial charge on any atom is -0.495 e. The van der Waals surface area contributed by atoms with E-state index in [0.717, 1.165) is 23.5 Å². The monoisotopic (exact) mass is 391 g/mol. The first kappa shape index (κ1) is 21.5. The van der Waals surface area contributed by atoms with Crippen LogP contribution in [0, 0.1) is 0 Å². The van der Waals surface area contributed by atoms with Crippen LogP contribution in [0.15, 0.2) is 18.2 Å². The van der Waals surface area contributed by atoms with Gasteiger partial charge < -0.3 is 15.0 Å². The normalized spacial score (nSPS) is 12.8. The lowest BCUT2D eigenvalue weighted by molar-refractivity contribution is -0.121. The number of sulfonamides is 1. The van der Waals surface area contributed by atoms with Gasteiger partial charge in [-0.2, -0.15) is 0 Å². The third-order valence-corrected chi connectivity index (χ3v) is 5.01. The molecule has 1 atom stereocenters. The van der Waals surface area contributed by atoms with Crippen molar-refractivity contribution in [2.24, 2.45) is 0 Å². The summed E-state index contributed by atoms with van der Waals surface area (Å²) < 4.78 is 30.9. The van der Waals surface area contributed by atoms with Gasteiger partial charge in [-0.3, -0.25) is 9.10 Å². The van der Waals surface area contributed by atoms with Gasteiger partial charge in [0.2, 0.25) is 15.9 Å². The molecule has 0 aliphatic heterocycles.